The van der Waals surface area contributed by atoms with Crippen LogP contribution in [0.25, 0.3) is 0 Å². The van der Waals surface area contributed by atoms with Crippen LogP contribution in [0.2, 0.25) is 0 Å². The fraction of sp³-hybridized carbons (Fsp3) is 0.588. The molecule has 2 saturated heterocycles. The molecule has 2 aromatic carbocycles. The van der Waals surface area contributed by atoms with Gasteiger partial charge in [-0.15, -0.1) is 0 Å². The standard InChI is InChI=1S/C34H48N2O4/c1-6-39-34(38)28-11-15-31(16-12-28)40-32-21-29-13-14-30(22-32)36(29)33(37)27-9-7-26(8-10-27)23-35(19-17-24(2)3)20-18-25(4)5/h7-12,15-16,24-25,29-30,32H,6,13-14,17-23H2,1-5H3. The van der Waals surface area contributed by atoms with Gasteiger partial charge in [-0.1, -0.05) is 39.8 Å². The lowest BCUT2D eigenvalue weighted by Crippen LogP contribution is -2.49. The second-order valence-corrected chi connectivity index (χ2v) is 12.4. The zero-order chi connectivity index (χ0) is 28.6. The van der Waals surface area contributed by atoms with Crippen LogP contribution in [-0.2, 0) is 11.3 Å². The molecule has 4 rings (SSSR count). The van der Waals surface area contributed by atoms with Crippen molar-refractivity contribution in [3.63, 3.8) is 0 Å². The average Bonchev–Trinajstić information content (AvgIpc) is 3.20. The highest BCUT2D eigenvalue weighted by Crippen LogP contribution is 2.38. The summed E-state index contributed by atoms with van der Waals surface area (Å²) in [5.74, 6) is 1.98. The van der Waals surface area contributed by atoms with E-state index < -0.39 is 0 Å². The number of carbonyl (C=O) groups is 2. The monoisotopic (exact) mass is 548 g/mol. The maximum Gasteiger partial charge on any atom is 0.338 e. The topological polar surface area (TPSA) is 59.1 Å². The minimum atomic E-state index is -0.318. The first-order chi connectivity index (χ1) is 19.2. The van der Waals surface area contributed by atoms with Gasteiger partial charge in [-0.05, 0) is 99.5 Å². The van der Waals surface area contributed by atoms with Crippen LogP contribution in [0.4, 0.5) is 0 Å². The highest BCUT2D eigenvalue weighted by molar-refractivity contribution is 5.95. The Morgan fingerprint density at radius 1 is 0.850 bits per heavy atom. The number of hydrogen-bond donors (Lipinski definition) is 0. The molecule has 2 atom stereocenters. The van der Waals surface area contributed by atoms with Gasteiger partial charge in [0.2, 0.25) is 0 Å². The summed E-state index contributed by atoms with van der Waals surface area (Å²) in [6.45, 7) is 14.5. The van der Waals surface area contributed by atoms with Gasteiger partial charge in [0.25, 0.3) is 5.91 Å². The van der Waals surface area contributed by atoms with Crippen LogP contribution in [0.15, 0.2) is 48.5 Å². The van der Waals surface area contributed by atoms with E-state index in [-0.39, 0.29) is 30.1 Å². The number of amides is 1. The summed E-state index contributed by atoms with van der Waals surface area (Å²) >= 11 is 0. The minimum Gasteiger partial charge on any atom is -0.490 e. The molecule has 2 aliphatic rings. The van der Waals surface area contributed by atoms with E-state index in [0.717, 1.165) is 56.6 Å². The number of rotatable bonds is 13. The third-order valence-electron chi connectivity index (χ3n) is 8.24. The number of hydrogen-bond acceptors (Lipinski definition) is 5. The molecule has 2 heterocycles. The van der Waals surface area contributed by atoms with Crippen LogP contribution in [0.3, 0.4) is 0 Å². The fourth-order valence-corrected chi connectivity index (χ4v) is 5.94. The Balaban J connectivity index is 1.33. The van der Waals surface area contributed by atoms with E-state index in [1.54, 1.807) is 19.1 Å². The number of benzene rings is 2. The first-order valence-electron chi connectivity index (χ1n) is 15.3. The zero-order valence-electron chi connectivity index (χ0n) is 25.1. The van der Waals surface area contributed by atoms with Crippen LogP contribution in [0, 0.1) is 11.8 Å². The molecule has 2 fully saturated rings. The molecule has 6 nitrogen and oxygen atoms in total. The highest BCUT2D eigenvalue weighted by atomic mass is 16.5. The van der Waals surface area contributed by atoms with Gasteiger partial charge in [-0.3, -0.25) is 9.69 Å². The van der Waals surface area contributed by atoms with Crippen LogP contribution < -0.4 is 4.74 Å². The van der Waals surface area contributed by atoms with E-state index in [9.17, 15) is 9.59 Å². The summed E-state index contributed by atoms with van der Waals surface area (Å²) < 4.78 is 11.4. The molecule has 0 radical (unpaired) electrons. The molecule has 0 spiro atoms. The lowest BCUT2D eigenvalue weighted by molar-refractivity contribution is 0.0359. The average molecular weight is 549 g/mol. The molecular formula is C34H48N2O4. The molecule has 1 amide bonds. The maximum atomic E-state index is 13.6. The summed E-state index contributed by atoms with van der Waals surface area (Å²) in [4.78, 5) is 30.2. The van der Waals surface area contributed by atoms with E-state index in [1.165, 1.54) is 18.4 Å². The third kappa shape index (κ3) is 8.09. The highest BCUT2D eigenvalue weighted by Gasteiger charge is 2.44. The number of carbonyl (C=O) groups excluding carboxylic acids is 2. The number of fused-ring (bicyclic) bond motifs is 2. The minimum absolute atomic E-state index is 0.0695. The van der Waals surface area contributed by atoms with Crippen molar-refractivity contribution in [3.8, 4) is 5.75 Å². The lowest BCUT2D eigenvalue weighted by Gasteiger charge is -2.39. The van der Waals surface area contributed by atoms with Crippen molar-refractivity contribution >= 4 is 11.9 Å². The molecule has 2 aromatic rings. The Hall–Kier alpha value is -2.86. The van der Waals surface area contributed by atoms with Gasteiger partial charge in [0.05, 0.1) is 12.2 Å². The molecule has 218 valence electrons. The van der Waals surface area contributed by atoms with Crippen LogP contribution >= 0.6 is 0 Å². The molecule has 2 aliphatic heterocycles. The molecule has 0 N–H and O–H groups in total. The van der Waals surface area contributed by atoms with Crippen LogP contribution in [-0.4, -0.2) is 59.6 Å². The number of piperidine rings is 1. The summed E-state index contributed by atoms with van der Waals surface area (Å²) in [6.07, 6.45) is 6.20. The second kappa shape index (κ2) is 14.2. The first-order valence-corrected chi connectivity index (χ1v) is 15.3. The Morgan fingerprint density at radius 3 is 1.93 bits per heavy atom. The number of esters is 1. The molecule has 40 heavy (non-hydrogen) atoms. The molecule has 0 aromatic heterocycles. The summed E-state index contributed by atoms with van der Waals surface area (Å²) in [7, 11) is 0. The van der Waals surface area contributed by atoms with Crippen molar-refractivity contribution < 1.29 is 19.1 Å². The molecule has 6 heteroatoms. The van der Waals surface area contributed by atoms with Crippen LogP contribution in [0.1, 0.15) is 99.4 Å². The van der Waals surface area contributed by atoms with Crippen molar-refractivity contribution in [2.75, 3.05) is 19.7 Å². The van der Waals surface area contributed by atoms with Crippen molar-refractivity contribution in [2.24, 2.45) is 11.8 Å². The van der Waals surface area contributed by atoms with Crippen molar-refractivity contribution in [3.05, 3.63) is 65.2 Å². The Morgan fingerprint density at radius 2 is 1.40 bits per heavy atom. The van der Waals surface area contributed by atoms with Crippen molar-refractivity contribution in [1.29, 1.82) is 0 Å². The van der Waals surface area contributed by atoms with E-state index in [1.807, 2.05) is 24.3 Å². The molecule has 2 bridgehead atoms. The SMILES string of the molecule is CCOC(=O)c1ccc(OC2CC3CCC(C2)N3C(=O)c2ccc(CN(CCC(C)C)CCC(C)C)cc2)cc1. The van der Waals surface area contributed by atoms with E-state index in [0.29, 0.717) is 24.0 Å². The molecule has 0 saturated carbocycles. The Labute approximate surface area is 241 Å². The zero-order valence-corrected chi connectivity index (χ0v) is 25.1. The van der Waals surface area contributed by atoms with Gasteiger partial charge in [-0.2, -0.15) is 0 Å². The summed E-state index contributed by atoms with van der Waals surface area (Å²) in [5.41, 5.74) is 2.58. The fourth-order valence-electron chi connectivity index (χ4n) is 5.94. The van der Waals surface area contributed by atoms with E-state index in [4.69, 9.17) is 9.47 Å². The predicted molar refractivity (Wildman–Crippen MR) is 160 cm³/mol. The van der Waals surface area contributed by atoms with Crippen molar-refractivity contribution in [1.82, 2.24) is 9.80 Å². The number of nitrogens with zero attached hydrogens (tertiary/aromatic N) is 2. The van der Waals surface area contributed by atoms with Gasteiger partial charge >= 0.3 is 5.97 Å². The van der Waals surface area contributed by atoms with Gasteiger partial charge in [-0.25, -0.2) is 4.79 Å². The lowest BCUT2D eigenvalue weighted by atomic mass is 9.98. The van der Waals surface area contributed by atoms with E-state index >= 15 is 0 Å². The van der Waals surface area contributed by atoms with Crippen molar-refractivity contribution in [2.45, 2.75) is 97.9 Å². The quantitative estimate of drug-likeness (QED) is 0.253. The van der Waals surface area contributed by atoms with Crippen LogP contribution in [0.5, 0.6) is 5.75 Å². The number of ether oxygens (including phenoxy) is 2. The first kappa shape index (κ1) is 30.1. The third-order valence-corrected chi connectivity index (χ3v) is 8.24. The summed E-state index contributed by atoms with van der Waals surface area (Å²) in [5, 5.41) is 0. The normalized spacial score (nSPS) is 20.4. The Bertz CT molecular complexity index is 1070. The smallest absolute Gasteiger partial charge is 0.338 e. The summed E-state index contributed by atoms with van der Waals surface area (Å²) in [6, 6.07) is 15.9. The van der Waals surface area contributed by atoms with Gasteiger partial charge in [0.15, 0.2) is 0 Å². The predicted octanol–water partition coefficient (Wildman–Crippen LogP) is 6.97. The van der Waals surface area contributed by atoms with Gasteiger partial charge < -0.3 is 14.4 Å². The molecular weight excluding hydrogens is 500 g/mol. The molecule has 0 aliphatic carbocycles. The maximum absolute atomic E-state index is 13.6. The largest absolute Gasteiger partial charge is 0.490 e. The molecule has 2 unspecified atom stereocenters. The van der Waals surface area contributed by atoms with E-state index in [2.05, 4.69) is 49.6 Å². The Kier molecular flexibility index (Phi) is 10.7. The second-order valence-electron chi connectivity index (χ2n) is 12.4. The van der Waals surface area contributed by atoms with Gasteiger partial charge in [0.1, 0.15) is 11.9 Å². The van der Waals surface area contributed by atoms with Gasteiger partial charge in [0, 0.05) is 37.0 Å².